The molecule has 2 aliphatic rings. The zero-order valence-corrected chi connectivity index (χ0v) is 24.1. The number of piperazine rings is 2. The first-order valence-electron chi connectivity index (χ1n) is 13.1. The van der Waals surface area contributed by atoms with Gasteiger partial charge >= 0.3 is 6.09 Å². The third-order valence-corrected chi connectivity index (χ3v) is 10.4. The number of carbonyl (C=O) groups excluding carboxylic acids is 2. The lowest BCUT2D eigenvalue weighted by molar-refractivity contribution is 0.0746. The van der Waals surface area contributed by atoms with Gasteiger partial charge in [0.15, 0.2) is 5.13 Å². The standard InChI is InChI=1S/C27H33N5O5S2/c1-4-37-27(34)31-15-17-32(18-16-31)39(35,36)22-8-6-21(7-9-22)25(33)29-11-13-30(14-12-29)26-28-24-20(3)19(2)5-10-23(24)38-26/h5-10H,4,11-18H2,1-3H3. The third-order valence-electron chi connectivity index (χ3n) is 7.41. The first-order chi connectivity index (χ1) is 18.7. The van der Waals surface area contributed by atoms with Crippen LogP contribution in [0, 0.1) is 13.8 Å². The molecule has 2 aliphatic heterocycles. The Morgan fingerprint density at radius 2 is 1.54 bits per heavy atom. The van der Waals surface area contributed by atoms with Crippen LogP contribution in [0.5, 0.6) is 0 Å². The highest BCUT2D eigenvalue weighted by molar-refractivity contribution is 7.89. The van der Waals surface area contributed by atoms with Crippen molar-refractivity contribution in [1.82, 2.24) is 19.1 Å². The summed E-state index contributed by atoms with van der Waals surface area (Å²) in [5.74, 6) is -0.114. The number of hydrogen-bond donors (Lipinski definition) is 0. The molecular formula is C27H33N5O5S2. The van der Waals surface area contributed by atoms with Crippen LogP contribution in [0.3, 0.4) is 0 Å². The number of ether oxygens (including phenoxy) is 1. The lowest BCUT2D eigenvalue weighted by Gasteiger charge is -2.34. The van der Waals surface area contributed by atoms with Crippen molar-refractivity contribution in [2.75, 3.05) is 63.9 Å². The molecule has 0 N–H and O–H groups in total. The Morgan fingerprint density at radius 3 is 2.18 bits per heavy atom. The summed E-state index contributed by atoms with van der Waals surface area (Å²) >= 11 is 1.68. The molecule has 3 heterocycles. The number of aryl methyl sites for hydroxylation is 2. The number of anilines is 1. The molecule has 39 heavy (non-hydrogen) atoms. The van der Waals surface area contributed by atoms with Gasteiger partial charge < -0.3 is 19.4 Å². The molecule has 2 fully saturated rings. The van der Waals surface area contributed by atoms with Crippen molar-refractivity contribution in [2.45, 2.75) is 25.7 Å². The van der Waals surface area contributed by atoms with Gasteiger partial charge in [-0.25, -0.2) is 18.2 Å². The van der Waals surface area contributed by atoms with E-state index in [-0.39, 0.29) is 43.6 Å². The van der Waals surface area contributed by atoms with Gasteiger partial charge in [-0.15, -0.1) is 0 Å². The van der Waals surface area contributed by atoms with Gasteiger partial charge in [-0.05, 0) is 62.2 Å². The Hall–Kier alpha value is -3.22. The molecule has 5 rings (SSSR count). The molecule has 2 amide bonds. The Kier molecular flexibility index (Phi) is 7.79. The molecule has 12 heteroatoms. The fraction of sp³-hybridized carbons (Fsp3) is 0.444. The molecule has 0 unspecified atom stereocenters. The maximum Gasteiger partial charge on any atom is 0.409 e. The smallest absolute Gasteiger partial charge is 0.409 e. The third kappa shape index (κ3) is 5.45. The van der Waals surface area contributed by atoms with Crippen LogP contribution in [0.15, 0.2) is 41.3 Å². The van der Waals surface area contributed by atoms with Gasteiger partial charge in [0.1, 0.15) is 0 Å². The van der Waals surface area contributed by atoms with E-state index < -0.39 is 16.1 Å². The summed E-state index contributed by atoms with van der Waals surface area (Å²) in [6, 6.07) is 10.4. The van der Waals surface area contributed by atoms with Crippen molar-refractivity contribution in [3.63, 3.8) is 0 Å². The number of thiazole rings is 1. The number of rotatable bonds is 5. The highest BCUT2D eigenvalue weighted by Crippen LogP contribution is 2.32. The number of nitrogens with zero attached hydrogens (tertiary/aromatic N) is 5. The Morgan fingerprint density at radius 1 is 0.897 bits per heavy atom. The number of aromatic nitrogens is 1. The number of benzene rings is 2. The minimum absolute atomic E-state index is 0.114. The molecule has 10 nitrogen and oxygen atoms in total. The summed E-state index contributed by atoms with van der Waals surface area (Å²) in [5, 5.41) is 0.975. The van der Waals surface area contributed by atoms with Gasteiger partial charge in [0.05, 0.1) is 21.7 Å². The van der Waals surface area contributed by atoms with Crippen molar-refractivity contribution in [3.05, 3.63) is 53.1 Å². The van der Waals surface area contributed by atoms with Crippen LogP contribution in [0.2, 0.25) is 0 Å². The molecule has 0 radical (unpaired) electrons. The van der Waals surface area contributed by atoms with Crippen LogP contribution in [-0.2, 0) is 14.8 Å². The van der Waals surface area contributed by atoms with Gasteiger partial charge in [0.25, 0.3) is 5.91 Å². The summed E-state index contributed by atoms with van der Waals surface area (Å²) in [5.41, 5.74) is 3.93. The van der Waals surface area contributed by atoms with Gasteiger partial charge in [-0.3, -0.25) is 4.79 Å². The molecule has 0 spiro atoms. The van der Waals surface area contributed by atoms with Gasteiger partial charge in [0.2, 0.25) is 10.0 Å². The quantitative estimate of drug-likeness (QED) is 0.463. The van der Waals surface area contributed by atoms with E-state index >= 15 is 0 Å². The van der Waals surface area contributed by atoms with E-state index in [4.69, 9.17) is 9.72 Å². The van der Waals surface area contributed by atoms with Crippen LogP contribution >= 0.6 is 11.3 Å². The van der Waals surface area contributed by atoms with E-state index in [9.17, 15) is 18.0 Å². The predicted molar refractivity (Wildman–Crippen MR) is 151 cm³/mol. The number of hydrogen-bond acceptors (Lipinski definition) is 8. The maximum absolute atomic E-state index is 13.2. The second-order valence-corrected chi connectivity index (χ2v) is 12.7. The topological polar surface area (TPSA) is 103 Å². The summed E-state index contributed by atoms with van der Waals surface area (Å²) < 4.78 is 33.8. The van der Waals surface area contributed by atoms with Crippen molar-refractivity contribution in [2.24, 2.45) is 0 Å². The van der Waals surface area contributed by atoms with Crippen LogP contribution in [-0.4, -0.2) is 98.5 Å². The molecule has 2 saturated heterocycles. The van der Waals surface area contributed by atoms with Gasteiger partial charge in [0, 0.05) is 57.9 Å². The van der Waals surface area contributed by atoms with Crippen molar-refractivity contribution in [1.29, 1.82) is 0 Å². The summed E-state index contributed by atoms with van der Waals surface area (Å²) in [7, 11) is -3.73. The minimum atomic E-state index is -3.73. The van der Waals surface area contributed by atoms with Crippen LogP contribution in [0.25, 0.3) is 10.2 Å². The van der Waals surface area contributed by atoms with E-state index in [1.54, 1.807) is 35.3 Å². The summed E-state index contributed by atoms with van der Waals surface area (Å²) in [6.45, 7) is 9.65. The lowest BCUT2D eigenvalue weighted by Crippen LogP contribution is -2.50. The van der Waals surface area contributed by atoms with E-state index in [1.807, 2.05) is 0 Å². The predicted octanol–water partition coefficient (Wildman–Crippen LogP) is 3.34. The number of carbonyl (C=O) groups is 2. The van der Waals surface area contributed by atoms with Crippen LogP contribution in [0.1, 0.15) is 28.4 Å². The monoisotopic (exact) mass is 571 g/mol. The minimum Gasteiger partial charge on any atom is -0.450 e. The zero-order valence-electron chi connectivity index (χ0n) is 22.4. The summed E-state index contributed by atoms with van der Waals surface area (Å²) in [6.07, 6.45) is -0.427. The number of fused-ring (bicyclic) bond motifs is 1. The van der Waals surface area contributed by atoms with E-state index in [0.29, 0.717) is 31.7 Å². The molecule has 2 aromatic carbocycles. The van der Waals surface area contributed by atoms with Crippen LogP contribution < -0.4 is 4.90 Å². The molecule has 0 atom stereocenters. The van der Waals surface area contributed by atoms with Crippen molar-refractivity contribution >= 4 is 48.7 Å². The highest BCUT2D eigenvalue weighted by atomic mass is 32.2. The lowest BCUT2D eigenvalue weighted by atomic mass is 10.1. The maximum atomic E-state index is 13.2. The average Bonchev–Trinajstić information content (AvgIpc) is 3.40. The fourth-order valence-electron chi connectivity index (χ4n) is 4.88. The average molecular weight is 572 g/mol. The Labute approximate surface area is 232 Å². The molecular weight excluding hydrogens is 538 g/mol. The van der Waals surface area contributed by atoms with Crippen molar-refractivity contribution < 1.29 is 22.7 Å². The molecule has 0 saturated carbocycles. The van der Waals surface area contributed by atoms with E-state index in [1.165, 1.54) is 37.2 Å². The fourth-order valence-corrected chi connectivity index (χ4v) is 7.38. The largest absolute Gasteiger partial charge is 0.450 e. The highest BCUT2D eigenvalue weighted by Gasteiger charge is 2.31. The molecule has 1 aromatic heterocycles. The van der Waals surface area contributed by atoms with E-state index in [0.717, 1.165) is 10.6 Å². The summed E-state index contributed by atoms with van der Waals surface area (Å²) in [4.78, 5) is 35.6. The molecule has 0 bridgehead atoms. The second kappa shape index (κ2) is 11.1. The number of amides is 2. The Bertz CT molecular complexity index is 1470. The Balaban J connectivity index is 1.19. The zero-order chi connectivity index (χ0) is 27.7. The normalized spacial score (nSPS) is 17.1. The molecule has 208 valence electrons. The molecule has 3 aromatic rings. The first kappa shape index (κ1) is 27.4. The second-order valence-electron chi connectivity index (χ2n) is 9.74. The molecule has 0 aliphatic carbocycles. The SMILES string of the molecule is CCOC(=O)N1CCN(S(=O)(=O)c2ccc(C(=O)N3CCN(c4nc5c(C)c(C)ccc5s4)CC3)cc2)CC1. The number of sulfonamides is 1. The van der Waals surface area contributed by atoms with Crippen LogP contribution in [0.4, 0.5) is 9.93 Å². The van der Waals surface area contributed by atoms with E-state index in [2.05, 4.69) is 30.9 Å². The first-order valence-corrected chi connectivity index (χ1v) is 15.4. The van der Waals surface area contributed by atoms with Gasteiger partial charge in [-0.1, -0.05) is 17.4 Å². The van der Waals surface area contributed by atoms with Gasteiger partial charge in [-0.2, -0.15) is 4.31 Å². The van der Waals surface area contributed by atoms with Crippen molar-refractivity contribution in [3.8, 4) is 0 Å².